The summed E-state index contributed by atoms with van der Waals surface area (Å²) in [5.41, 5.74) is 36.1. The van der Waals surface area contributed by atoms with Crippen molar-refractivity contribution < 1.29 is 0 Å². The lowest BCUT2D eigenvalue weighted by molar-refractivity contribution is 0.660. The third kappa shape index (κ3) is 13.2. The topological polar surface area (TPSA) is 42.5 Å². The normalized spacial score (nSPS) is 12.5. The van der Waals surface area contributed by atoms with Crippen molar-refractivity contribution in [2.45, 2.75) is 19.3 Å². The van der Waals surface area contributed by atoms with Gasteiger partial charge in [-0.3, -0.25) is 0 Å². The number of nitrogens with zero attached hydrogens (tertiary/aromatic N) is 7. The molecule has 0 bridgehead atoms. The molecule has 150 heavy (non-hydrogen) atoms. The molecule has 33 rings (SSSR count). The van der Waals surface area contributed by atoms with Crippen molar-refractivity contribution in [2.75, 3.05) is 0 Å². The van der Waals surface area contributed by atoms with Crippen molar-refractivity contribution >= 4 is 225 Å². The highest BCUT2D eigenvalue weighted by atomic mass is 32.1. The molecule has 0 aliphatic heterocycles. The van der Waals surface area contributed by atoms with Gasteiger partial charge in [0.1, 0.15) is 0 Å². The number of thiophene rings is 3. The van der Waals surface area contributed by atoms with E-state index in [1.807, 2.05) is 40.1 Å². The van der Waals surface area contributed by atoms with E-state index in [1.54, 1.807) is 0 Å². The third-order valence-corrected chi connectivity index (χ3v) is 35.3. The standard InChI is InChI=1S/C48H30N2S.C47H29N3S.C45H30N2S/c1-4-13-31(14-5-1)33-17-12-20-36(27-33)50-42-22-11-10-21-37(42)40-29-41-45(30-44(40)50)49(35-18-8-3-9-19-35)43-26-25-39-38-24-23-34(32-15-6-2-7-16-32)28-46(38)51-48(39)47(41)43;1-3-12-30(13-4-1)39-18-11-19-40(48-39)31-22-24-33(25-23-31)49-41-20-9-7-16-34(41)37-28-38-44(29-43(37)49)50(32-14-5-2-6-15-32)42-27-26-36-35-17-8-10-21-45(35)51-47(36)46(38)42;1-45(2)36-17-9-6-14-29(36)30-21-20-28(24-37(30)45)47-38-18-10-7-15-31(38)34-25-35-41(26-40(34)47)46(27-12-4-3-5-13-27)39-23-22-33-32-16-8-11-19-42(32)48-44(33)43(35)39/h1-30H;1-29H;3-26H,1-2H3. The van der Waals surface area contributed by atoms with E-state index < -0.39 is 0 Å². The molecule has 702 valence electrons. The van der Waals surface area contributed by atoms with Crippen LogP contribution in [0, 0.1) is 0 Å². The second kappa shape index (κ2) is 33.8. The Kier molecular flexibility index (Phi) is 19.3. The first-order valence-corrected chi connectivity index (χ1v) is 53.9. The van der Waals surface area contributed by atoms with Crippen LogP contribution in [0.1, 0.15) is 25.0 Å². The maximum absolute atomic E-state index is 5.03. The van der Waals surface area contributed by atoms with Gasteiger partial charge < -0.3 is 27.4 Å². The number of para-hydroxylation sites is 6. The van der Waals surface area contributed by atoms with Gasteiger partial charge in [-0.05, 0) is 220 Å². The minimum atomic E-state index is -0.0662. The summed E-state index contributed by atoms with van der Waals surface area (Å²) in [5, 5.41) is 23.4. The maximum Gasteiger partial charge on any atom is 0.0709 e. The van der Waals surface area contributed by atoms with Gasteiger partial charge in [-0.25, -0.2) is 4.98 Å². The SMILES string of the molecule is CC1(C)c2ccccc2-c2ccc(-n3c4ccccc4c4cc5c6c7sc8ccccc8c7ccc6n(-c6ccccc6)c5cc43)cc21.c1ccc(-c2cccc(-c3ccc(-n4c5ccccc5c5cc6c7c8sc9ccccc9c8ccc7n(-c7ccccc7)c6cc54)cc3)n2)cc1.c1ccc(-c2cccc(-n3c4ccccc4c4cc5c6c7sc8cc(-c9ccccc9)ccc8c7ccc6n(-c6ccccc6)c5cc43)c2)cc1. The molecule has 0 saturated carbocycles. The zero-order valence-corrected chi connectivity index (χ0v) is 84.2. The lowest BCUT2D eigenvalue weighted by Gasteiger charge is -2.22. The molecule has 0 fully saturated rings. The first-order valence-electron chi connectivity index (χ1n) is 51.4. The summed E-state index contributed by atoms with van der Waals surface area (Å²) in [6.07, 6.45) is 0. The molecular formula is C140H89N7S3. The van der Waals surface area contributed by atoms with E-state index in [-0.39, 0.29) is 5.41 Å². The van der Waals surface area contributed by atoms with E-state index >= 15 is 0 Å². The van der Waals surface area contributed by atoms with Crippen molar-refractivity contribution in [3.05, 3.63) is 515 Å². The molecule has 7 nitrogen and oxygen atoms in total. The molecule has 22 aromatic carbocycles. The van der Waals surface area contributed by atoms with Crippen molar-refractivity contribution in [3.8, 4) is 90.0 Å². The molecule has 0 atom stereocenters. The Morgan fingerprint density at radius 2 is 0.473 bits per heavy atom. The molecule has 10 heteroatoms. The fraction of sp³-hybridized carbons (Fsp3) is 0.0214. The van der Waals surface area contributed by atoms with E-state index in [2.05, 4.69) is 539 Å². The van der Waals surface area contributed by atoms with Crippen LogP contribution in [0.25, 0.3) is 281 Å². The average Bonchev–Trinajstić information content (AvgIpc) is 1.55. The van der Waals surface area contributed by atoms with Crippen LogP contribution in [0.15, 0.2) is 504 Å². The quantitative estimate of drug-likeness (QED) is 0.135. The molecule has 1 aliphatic rings. The highest BCUT2D eigenvalue weighted by Crippen LogP contribution is 2.54. The third-order valence-electron chi connectivity index (χ3n) is 31.7. The Hall–Kier alpha value is -18.6. The second-order valence-corrected chi connectivity index (χ2v) is 43.4. The molecular weight excluding hydrogens is 1880 g/mol. The Bertz CT molecular complexity index is 11200. The molecule has 0 unspecified atom stereocenters. The van der Waals surface area contributed by atoms with Crippen LogP contribution in [-0.4, -0.2) is 32.4 Å². The van der Waals surface area contributed by atoms with Gasteiger partial charge in [0.15, 0.2) is 0 Å². The van der Waals surface area contributed by atoms with E-state index in [4.69, 9.17) is 4.98 Å². The summed E-state index contributed by atoms with van der Waals surface area (Å²) in [6, 6.07) is 184. The first kappa shape index (κ1) is 85.8. The Morgan fingerprint density at radius 3 is 0.940 bits per heavy atom. The number of rotatable bonds is 10. The van der Waals surface area contributed by atoms with Crippen molar-refractivity contribution in [2.24, 2.45) is 0 Å². The number of pyridine rings is 1. The number of aromatic nitrogens is 7. The van der Waals surface area contributed by atoms with Crippen LogP contribution in [0.3, 0.4) is 0 Å². The largest absolute Gasteiger partial charge is 0.309 e. The van der Waals surface area contributed by atoms with E-state index in [0.29, 0.717) is 0 Å². The van der Waals surface area contributed by atoms with Crippen LogP contribution in [-0.2, 0) is 5.41 Å². The average molecular weight is 1970 g/mol. The Morgan fingerprint density at radius 1 is 0.167 bits per heavy atom. The first-order chi connectivity index (χ1) is 74.2. The lowest BCUT2D eigenvalue weighted by Crippen LogP contribution is -2.15. The lowest BCUT2D eigenvalue weighted by atomic mass is 9.82. The fourth-order valence-electron chi connectivity index (χ4n) is 24.9. The van der Waals surface area contributed by atoms with E-state index in [9.17, 15) is 0 Å². The Labute approximate surface area is 874 Å². The van der Waals surface area contributed by atoms with Gasteiger partial charge in [0.25, 0.3) is 0 Å². The molecule has 0 spiro atoms. The predicted octanol–water partition coefficient (Wildman–Crippen LogP) is 39.1. The van der Waals surface area contributed by atoms with Crippen molar-refractivity contribution in [1.29, 1.82) is 0 Å². The van der Waals surface area contributed by atoms with Crippen LogP contribution >= 0.6 is 34.0 Å². The molecule has 0 amide bonds. The number of hydrogen-bond donors (Lipinski definition) is 0. The monoisotopic (exact) mass is 1960 g/mol. The van der Waals surface area contributed by atoms with Crippen LogP contribution in [0.4, 0.5) is 0 Å². The van der Waals surface area contributed by atoms with Gasteiger partial charge in [-0.1, -0.05) is 341 Å². The van der Waals surface area contributed by atoms with Gasteiger partial charge in [0, 0.05) is 176 Å². The van der Waals surface area contributed by atoms with Crippen LogP contribution < -0.4 is 0 Å². The van der Waals surface area contributed by atoms with Crippen molar-refractivity contribution in [1.82, 2.24) is 32.4 Å². The maximum atomic E-state index is 5.03. The molecule has 0 radical (unpaired) electrons. The van der Waals surface area contributed by atoms with Gasteiger partial charge in [0.2, 0.25) is 0 Å². The minimum absolute atomic E-state index is 0.0662. The summed E-state index contributed by atoms with van der Waals surface area (Å²) in [4.78, 5) is 5.03. The van der Waals surface area contributed by atoms with Gasteiger partial charge >= 0.3 is 0 Å². The Balaban J connectivity index is 0.000000101. The van der Waals surface area contributed by atoms with E-state index in [1.165, 1.54) is 247 Å². The number of hydrogen-bond acceptors (Lipinski definition) is 4. The smallest absolute Gasteiger partial charge is 0.0709 e. The molecule has 1 aliphatic carbocycles. The van der Waals surface area contributed by atoms with Crippen LogP contribution in [0.2, 0.25) is 0 Å². The van der Waals surface area contributed by atoms with Crippen LogP contribution in [0.5, 0.6) is 0 Å². The highest BCUT2D eigenvalue weighted by molar-refractivity contribution is 7.27. The summed E-state index contributed by atoms with van der Waals surface area (Å²) < 4.78 is 22.8. The highest BCUT2D eigenvalue weighted by Gasteiger charge is 2.37. The second-order valence-electron chi connectivity index (χ2n) is 40.3. The molecule has 0 saturated heterocycles. The predicted molar refractivity (Wildman–Crippen MR) is 641 cm³/mol. The molecule has 10 aromatic heterocycles. The number of fused-ring (bicyclic) bond motifs is 33. The van der Waals surface area contributed by atoms with Gasteiger partial charge in [-0.2, -0.15) is 0 Å². The molecule has 0 N–H and O–H groups in total. The van der Waals surface area contributed by atoms with Gasteiger partial charge in [-0.15, -0.1) is 34.0 Å². The summed E-state index contributed by atoms with van der Waals surface area (Å²) >= 11 is 5.73. The summed E-state index contributed by atoms with van der Waals surface area (Å²) in [6.45, 7) is 4.73. The molecule has 32 aromatic rings. The van der Waals surface area contributed by atoms with Gasteiger partial charge in [0.05, 0.1) is 77.6 Å². The summed E-state index contributed by atoms with van der Waals surface area (Å²) in [5.74, 6) is 0. The zero-order valence-electron chi connectivity index (χ0n) is 81.8. The molecule has 10 heterocycles. The van der Waals surface area contributed by atoms with Crippen molar-refractivity contribution in [3.63, 3.8) is 0 Å². The zero-order chi connectivity index (χ0) is 98.7. The van der Waals surface area contributed by atoms with E-state index in [0.717, 1.165) is 45.3 Å². The minimum Gasteiger partial charge on any atom is -0.309 e. The number of benzene rings is 22. The summed E-state index contributed by atoms with van der Waals surface area (Å²) in [7, 11) is 0. The fourth-order valence-corrected chi connectivity index (χ4v) is 28.7.